The summed E-state index contributed by atoms with van der Waals surface area (Å²) in [6, 6.07) is 14.0. The van der Waals surface area contributed by atoms with Crippen LogP contribution in [0.1, 0.15) is 24.6 Å². The lowest BCUT2D eigenvalue weighted by Crippen LogP contribution is -2.15. The maximum absolute atomic E-state index is 12.4. The quantitative estimate of drug-likeness (QED) is 0.534. The molecule has 0 atom stereocenters. The van der Waals surface area contributed by atoms with Crippen LogP contribution < -0.4 is 5.32 Å². The highest BCUT2D eigenvalue weighted by molar-refractivity contribution is 7.99. The molecule has 2 aromatic carbocycles. The molecule has 7 nitrogen and oxygen atoms in total. The zero-order chi connectivity index (χ0) is 21.3. The van der Waals surface area contributed by atoms with Gasteiger partial charge in [0.25, 0.3) is 0 Å². The summed E-state index contributed by atoms with van der Waals surface area (Å²) in [5.41, 5.74) is 1.19. The fourth-order valence-electron chi connectivity index (χ4n) is 2.88. The van der Waals surface area contributed by atoms with Crippen molar-refractivity contribution < 1.29 is 13.2 Å². The number of amides is 1. The number of nitrogens with zero attached hydrogens (tertiary/aromatic N) is 3. The van der Waals surface area contributed by atoms with Crippen LogP contribution in [0, 0.1) is 0 Å². The molecular formula is C20H19ClN4O3S2. The number of carbonyl (C=O) groups excluding carboxylic acids is 1. The Kier molecular flexibility index (Phi) is 5.86. The van der Waals surface area contributed by atoms with Crippen molar-refractivity contribution in [3.05, 3.63) is 59.4 Å². The average molecular weight is 463 g/mol. The van der Waals surface area contributed by atoms with Crippen molar-refractivity contribution in [1.82, 2.24) is 14.8 Å². The van der Waals surface area contributed by atoms with Crippen LogP contribution in [0.5, 0.6) is 0 Å². The number of thioether (sulfide) groups is 1. The van der Waals surface area contributed by atoms with Crippen LogP contribution in [-0.2, 0) is 14.6 Å². The molecule has 10 heteroatoms. The minimum Gasteiger partial charge on any atom is -0.324 e. The highest BCUT2D eigenvalue weighted by Gasteiger charge is 2.30. The van der Waals surface area contributed by atoms with Crippen molar-refractivity contribution in [2.24, 2.45) is 0 Å². The Hall–Kier alpha value is -2.36. The molecule has 0 radical (unpaired) electrons. The first-order valence-electron chi connectivity index (χ1n) is 9.26. The van der Waals surface area contributed by atoms with Gasteiger partial charge < -0.3 is 5.32 Å². The largest absolute Gasteiger partial charge is 0.324 e. The third kappa shape index (κ3) is 4.85. The van der Waals surface area contributed by atoms with E-state index in [1.54, 1.807) is 0 Å². The topological polar surface area (TPSA) is 94.0 Å². The molecule has 1 saturated carbocycles. The van der Waals surface area contributed by atoms with Gasteiger partial charge in [-0.3, -0.25) is 4.79 Å². The lowest BCUT2D eigenvalue weighted by Gasteiger charge is -2.08. The van der Waals surface area contributed by atoms with Gasteiger partial charge in [0.1, 0.15) is 5.82 Å². The van der Waals surface area contributed by atoms with E-state index in [-0.39, 0.29) is 27.3 Å². The van der Waals surface area contributed by atoms with Gasteiger partial charge >= 0.3 is 0 Å². The van der Waals surface area contributed by atoms with Crippen LogP contribution >= 0.6 is 23.4 Å². The maximum atomic E-state index is 12.4. The minimum atomic E-state index is -3.40. The van der Waals surface area contributed by atoms with Crippen molar-refractivity contribution in [3.63, 3.8) is 0 Å². The maximum Gasteiger partial charge on any atom is 0.234 e. The molecule has 0 bridgehead atoms. The van der Waals surface area contributed by atoms with Crippen LogP contribution in [0.4, 0.5) is 5.69 Å². The molecule has 1 aliphatic carbocycles. The van der Waals surface area contributed by atoms with E-state index in [1.165, 1.54) is 30.0 Å². The number of nitrogens with one attached hydrogen (secondary N) is 1. The van der Waals surface area contributed by atoms with E-state index in [9.17, 15) is 13.2 Å². The van der Waals surface area contributed by atoms with Gasteiger partial charge in [0.15, 0.2) is 9.84 Å². The van der Waals surface area contributed by atoms with E-state index in [4.69, 9.17) is 11.6 Å². The lowest BCUT2D eigenvalue weighted by molar-refractivity contribution is -0.113. The smallest absolute Gasteiger partial charge is 0.234 e. The van der Waals surface area contributed by atoms with E-state index < -0.39 is 9.84 Å². The Morgan fingerprint density at radius 3 is 2.63 bits per heavy atom. The summed E-state index contributed by atoms with van der Waals surface area (Å²) in [6.45, 7) is 0. The van der Waals surface area contributed by atoms with Gasteiger partial charge in [-0.25, -0.2) is 18.1 Å². The number of hydrogen-bond acceptors (Lipinski definition) is 6. The molecule has 0 aliphatic heterocycles. The Morgan fingerprint density at radius 1 is 1.23 bits per heavy atom. The molecule has 1 amide bonds. The van der Waals surface area contributed by atoms with Crippen LogP contribution in [-0.4, -0.2) is 41.1 Å². The van der Waals surface area contributed by atoms with Crippen LogP contribution in [0.25, 0.3) is 5.69 Å². The second-order valence-corrected chi connectivity index (χ2v) is 10.4. The molecule has 30 heavy (non-hydrogen) atoms. The monoisotopic (exact) mass is 462 g/mol. The number of para-hydroxylation sites is 1. The van der Waals surface area contributed by atoms with Gasteiger partial charge in [-0.2, -0.15) is 0 Å². The second kappa shape index (κ2) is 8.41. The van der Waals surface area contributed by atoms with Gasteiger partial charge in [0, 0.05) is 12.2 Å². The zero-order valence-corrected chi connectivity index (χ0v) is 18.5. The number of aromatic nitrogens is 3. The summed E-state index contributed by atoms with van der Waals surface area (Å²) in [5.74, 6) is 1.06. The van der Waals surface area contributed by atoms with E-state index >= 15 is 0 Å². The first-order valence-corrected chi connectivity index (χ1v) is 12.5. The summed E-state index contributed by atoms with van der Waals surface area (Å²) in [4.78, 5) is 17.1. The average Bonchev–Trinajstić information content (AvgIpc) is 3.47. The molecule has 4 rings (SSSR count). The molecule has 3 aromatic rings. The van der Waals surface area contributed by atoms with Crippen molar-refractivity contribution >= 4 is 44.8 Å². The Balaban J connectivity index is 1.46. The van der Waals surface area contributed by atoms with E-state index in [0.29, 0.717) is 11.1 Å². The number of sulfone groups is 1. The van der Waals surface area contributed by atoms with E-state index in [2.05, 4.69) is 15.4 Å². The van der Waals surface area contributed by atoms with Crippen LogP contribution in [0.15, 0.2) is 58.6 Å². The normalized spacial score (nSPS) is 13.9. The van der Waals surface area contributed by atoms with Gasteiger partial charge in [-0.1, -0.05) is 41.6 Å². The molecule has 1 aromatic heterocycles. The fourth-order valence-corrected chi connectivity index (χ4v) is 4.32. The van der Waals surface area contributed by atoms with Crippen molar-refractivity contribution in [1.29, 1.82) is 0 Å². The fraction of sp³-hybridized carbons (Fsp3) is 0.250. The Bertz CT molecular complexity index is 1190. The number of rotatable bonds is 7. The molecule has 156 valence electrons. The SMILES string of the molecule is CS(=O)(=O)c1ccc(Cl)c(NC(=O)CSc2nc(C3CC3)n(-c3ccccc3)n2)c1. The lowest BCUT2D eigenvalue weighted by atomic mass is 10.3. The zero-order valence-electron chi connectivity index (χ0n) is 16.1. The van der Waals surface area contributed by atoms with Gasteiger partial charge in [-0.05, 0) is 43.2 Å². The minimum absolute atomic E-state index is 0.0718. The number of halogens is 1. The van der Waals surface area contributed by atoms with Crippen molar-refractivity contribution in [3.8, 4) is 5.69 Å². The first kappa shape index (κ1) is 20.9. The first-order chi connectivity index (χ1) is 14.3. The summed E-state index contributed by atoms with van der Waals surface area (Å²) in [6.07, 6.45) is 3.28. The van der Waals surface area contributed by atoms with E-state index in [0.717, 1.165) is 30.6 Å². The Morgan fingerprint density at radius 2 is 1.97 bits per heavy atom. The number of benzene rings is 2. The highest BCUT2D eigenvalue weighted by atomic mass is 35.5. The molecule has 1 N–H and O–H groups in total. The van der Waals surface area contributed by atoms with Gasteiger partial charge in [0.05, 0.1) is 27.0 Å². The standard InChI is InChI=1S/C20H19ClN4O3S2/c1-30(27,28)15-9-10-16(21)17(11-15)22-18(26)12-29-20-23-19(13-7-8-13)25(24-20)14-5-3-2-4-6-14/h2-6,9-11,13H,7-8,12H2,1H3,(H,22,26). The third-order valence-corrected chi connectivity index (χ3v) is 6.81. The Labute approximate surface area is 183 Å². The third-order valence-electron chi connectivity index (χ3n) is 4.53. The second-order valence-electron chi connectivity index (χ2n) is 7.02. The van der Waals surface area contributed by atoms with Crippen LogP contribution in [0.3, 0.4) is 0 Å². The molecular weight excluding hydrogens is 444 g/mol. The molecule has 1 heterocycles. The predicted molar refractivity (Wildman–Crippen MR) is 117 cm³/mol. The van der Waals surface area contributed by atoms with Crippen LogP contribution in [0.2, 0.25) is 5.02 Å². The number of carbonyl (C=O) groups is 1. The predicted octanol–water partition coefficient (Wildman–Crippen LogP) is 3.93. The summed E-state index contributed by atoms with van der Waals surface area (Å²) < 4.78 is 25.3. The number of anilines is 1. The van der Waals surface area contributed by atoms with Crippen molar-refractivity contribution in [2.45, 2.75) is 28.8 Å². The molecule has 0 saturated heterocycles. The summed E-state index contributed by atoms with van der Waals surface area (Å²) in [7, 11) is -3.40. The van der Waals surface area contributed by atoms with E-state index in [1.807, 2.05) is 35.0 Å². The van der Waals surface area contributed by atoms with Crippen molar-refractivity contribution in [2.75, 3.05) is 17.3 Å². The number of hydrogen-bond donors (Lipinski definition) is 1. The van der Waals surface area contributed by atoms with Gasteiger partial charge in [-0.15, -0.1) is 5.10 Å². The summed E-state index contributed by atoms with van der Waals surface area (Å²) in [5, 5.41) is 8.02. The highest BCUT2D eigenvalue weighted by Crippen LogP contribution is 2.40. The molecule has 1 fully saturated rings. The van der Waals surface area contributed by atoms with Gasteiger partial charge in [0.2, 0.25) is 11.1 Å². The molecule has 1 aliphatic rings. The summed E-state index contributed by atoms with van der Waals surface area (Å²) >= 11 is 7.32. The molecule has 0 unspecified atom stereocenters. The molecule has 0 spiro atoms.